The molecule has 1 fully saturated rings. The van der Waals surface area contributed by atoms with Gasteiger partial charge in [-0.05, 0) is 36.1 Å². The highest BCUT2D eigenvalue weighted by Gasteiger charge is 2.19. The van der Waals surface area contributed by atoms with Crippen molar-refractivity contribution in [3.8, 4) is 0 Å². The summed E-state index contributed by atoms with van der Waals surface area (Å²) in [5.74, 6) is 1.34. The van der Waals surface area contributed by atoms with Crippen molar-refractivity contribution in [1.82, 2.24) is 20.1 Å². The number of nitrogens with zero attached hydrogens (tertiary/aromatic N) is 3. The number of rotatable bonds is 9. The summed E-state index contributed by atoms with van der Waals surface area (Å²) < 4.78 is 7.80. The van der Waals surface area contributed by atoms with Crippen molar-refractivity contribution in [3.63, 3.8) is 0 Å². The van der Waals surface area contributed by atoms with Crippen LogP contribution < -0.4 is 5.32 Å². The predicted molar refractivity (Wildman–Crippen MR) is 128 cm³/mol. The zero-order chi connectivity index (χ0) is 22.2. The quantitative estimate of drug-likeness (QED) is 0.367. The van der Waals surface area contributed by atoms with Gasteiger partial charge in [0.25, 0.3) is 0 Å². The van der Waals surface area contributed by atoms with Crippen molar-refractivity contribution in [2.24, 2.45) is 0 Å². The highest BCUT2D eigenvalue weighted by Crippen LogP contribution is 2.24. The van der Waals surface area contributed by atoms with E-state index in [0.29, 0.717) is 17.4 Å². The van der Waals surface area contributed by atoms with Crippen molar-refractivity contribution in [2.45, 2.75) is 37.2 Å². The first-order valence-electron chi connectivity index (χ1n) is 10.6. The Hall–Kier alpha value is -2.61. The molecule has 0 spiro atoms. The lowest BCUT2D eigenvalue weighted by Crippen LogP contribution is -2.23. The number of halogens is 1. The van der Waals surface area contributed by atoms with Gasteiger partial charge in [-0.25, -0.2) is 0 Å². The maximum Gasteiger partial charge on any atom is 0.244 e. The third-order valence-corrected chi connectivity index (χ3v) is 6.58. The van der Waals surface area contributed by atoms with Crippen LogP contribution in [0.3, 0.4) is 0 Å². The average molecular weight is 469 g/mol. The molecule has 1 amide bonds. The molecule has 1 N–H and O–H groups in total. The van der Waals surface area contributed by atoms with Gasteiger partial charge in [0, 0.05) is 23.5 Å². The van der Waals surface area contributed by atoms with Crippen LogP contribution in [0, 0.1) is 0 Å². The molecule has 0 bridgehead atoms. The van der Waals surface area contributed by atoms with Gasteiger partial charge in [-0.2, -0.15) is 0 Å². The molecule has 2 aromatic carbocycles. The number of carbonyl (C=O) groups is 1. The molecule has 1 aliphatic rings. The molecule has 0 aliphatic carbocycles. The van der Waals surface area contributed by atoms with Crippen molar-refractivity contribution in [3.05, 3.63) is 82.6 Å². The molecular formula is C24H25ClN4O2S. The van der Waals surface area contributed by atoms with Gasteiger partial charge in [-0.3, -0.25) is 4.79 Å². The Bertz CT molecular complexity index is 1060. The van der Waals surface area contributed by atoms with Crippen LogP contribution in [0.2, 0.25) is 5.02 Å². The van der Waals surface area contributed by atoms with Gasteiger partial charge in [0.05, 0.1) is 19.2 Å². The SMILES string of the molecule is O=C(C=Cc1ccccc1Cl)NCc1nnc(SCC2CCCO2)n1Cc1ccccc1. The Labute approximate surface area is 197 Å². The summed E-state index contributed by atoms with van der Waals surface area (Å²) in [6, 6.07) is 17.6. The maximum absolute atomic E-state index is 12.4. The molecule has 1 aromatic heterocycles. The molecule has 8 heteroatoms. The monoisotopic (exact) mass is 468 g/mol. The highest BCUT2D eigenvalue weighted by molar-refractivity contribution is 7.99. The van der Waals surface area contributed by atoms with E-state index in [1.165, 1.54) is 6.08 Å². The third kappa shape index (κ3) is 6.22. The minimum atomic E-state index is -0.215. The number of carbonyl (C=O) groups excluding carboxylic acids is 1. The first kappa shape index (κ1) is 22.6. The van der Waals surface area contributed by atoms with E-state index in [-0.39, 0.29) is 18.6 Å². The second-order valence-electron chi connectivity index (χ2n) is 7.49. The molecule has 6 nitrogen and oxygen atoms in total. The number of hydrogen-bond acceptors (Lipinski definition) is 5. The Balaban J connectivity index is 1.43. The summed E-state index contributed by atoms with van der Waals surface area (Å²) in [5.41, 5.74) is 1.95. The smallest absolute Gasteiger partial charge is 0.244 e. The molecule has 1 atom stereocenters. The molecule has 4 rings (SSSR count). The highest BCUT2D eigenvalue weighted by atomic mass is 35.5. The predicted octanol–water partition coefficient (Wildman–Crippen LogP) is 4.58. The summed E-state index contributed by atoms with van der Waals surface area (Å²) in [7, 11) is 0. The molecular weight excluding hydrogens is 444 g/mol. The van der Waals surface area contributed by atoms with Gasteiger partial charge in [-0.1, -0.05) is 71.9 Å². The fraction of sp³-hybridized carbons (Fsp3) is 0.292. The molecule has 1 saturated heterocycles. The molecule has 2 heterocycles. The Morgan fingerprint density at radius 1 is 1.19 bits per heavy atom. The fourth-order valence-corrected chi connectivity index (χ4v) is 4.65. The van der Waals surface area contributed by atoms with E-state index < -0.39 is 0 Å². The van der Waals surface area contributed by atoms with Crippen LogP contribution in [0.1, 0.15) is 29.8 Å². The number of ether oxygens (including phenoxy) is 1. The Morgan fingerprint density at radius 2 is 2.00 bits per heavy atom. The van der Waals surface area contributed by atoms with Crippen LogP contribution in [0.4, 0.5) is 0 Å². The Morgan fingerprint density at radius 3 is 2.78 bits per heavy atom. The number of aromatic nitrogens is 3. The van der Waals surface area contributed by atoms with E-state index in [1.807, 2.05) is 36.4 Å². The zero-order valence-electron chi connectivity index (χ0n) is 17.6. The Kier molecular flexibility index (Phi) is 7.98. The molecule has 166 valence electrons. The van der Waals surface area contributed by atoms with Crippen LogP contribution in [0.25, 0.3) is 6.08 Å². The van der Waals surface area contributed by atoms with Crippen LogP contribution >= 0.6 is 23.4 Å². The number of benzene rings is 2. The lowest BCUT2D eigenvalue weighted by atomic mass is 10.2. The molecule has 1 aliphatic heterocycles. The second-order valence-corrected chi connectivity index (χ2v) is 8.88. The van der Waals surface area contributed by atoms with Crippen LogP contribution in [0.15, 0.2) is 65.8 Å². The standard InChI is InChI=1S/C24H25ClN4O2S/c25-21-11-5-4-9-19(21)12-13-23(30)26-15-22-27-28-24(32-17-20-10-6-14-31-20)29(22)16-18-7-2-1-3-8-18/h1-5,7-9,11-13,20H,6,10,14-17H2,(H,26,30). The molecule has 32 heavy (non-hydrogen) atoms. The van der Waals surface area contributed by atoms with Crippen molar-refractivity contribution >= 4 is 35.3 Å². The van der Waals surface area contributed by atoms with E-state index in [0.717, 1.165) is 41.5 Å². The second kappa shape index (κ2) is 11.3. The van der Waals surface area contributed by atoms with E-state index in [9.17, 15) is 4.79 Å². The fourth-order valence-electron chi connectivity index (χ4n) is 3.43. The molecule has 1 unspecified atom stereocenters. The minimum Gasteiger partial charge on any atom is -0.377 e. The van der Waals surface area contributed by atoms with E-state index in [2.05, 4.69) is 32.2 Å². The van der Waals surface area contributed by atoms with E-state index >= 15 is 0 Å². The first-order chi connectivity index (χ1) is 15.7. The van der Waals surface area contributed by atoms with Gasteiger partial charge in [0.2, 0.25) is 5.91 Å². The summed E-state index contributed by atoms with van der Waals surface area (Å²) in [5, 5.41) is 13.1. The number of thioether (sulfide) groups is 1. The molecule has 0 saturated carbocycles. The normalized spacial score (nSPS) is 16.0. The lowest BCUT2D eigenvalue weighted by Gasteiger charge is -2.12. The van der Waals surface area contributed by atoms with Crippen LogP contribution in [0.5, 0.6) is 0 Å². The number of amides is 1. The van der Waals surface area contributed by atoms with Gasteiger partial charge >= 0.3 is 0 Å². The van der Waals surface area contributed by atoms with Gasteiger partial charge < -0.3 is 14.6 Å². The van der Waals surface area contributed by atoms with E-state index in [1.54, 1.807) is 23.9 Å². The van der Waals surface area contributed by atoms with Crippen molar-refractivity contribution in [2.75, 3.05) is 12.4 Å². The third-order valence-electron chi connectivity index (χ3n) is 5.14. The summed E-state index contributed by atoms with van der Waals surface area (Å²) in [4.78, 5) is 12.4. The van der Waals surface area contributed by atoms with Crippen molar-refractivity contribution in [1.29, 1.82) is 0 Å². The summed E-state index contributed by atoms with van der Waals surface area (Å²) >= 11 is 7.79. The molecule has 0 radical (unpaired) electrons. The summed E-state index contributed by atoms with van der Waals surface area (Å²) in [6.07, 6.45) is 5.64. The van der Waals surface area contributed by atoms with Gasteiger partial charge in [-0.15, -0.1) is 10.2 Å². The first-order valence-corrected chi connectivity index (χ1v) is 12.0. The van der Waals surface area contributed by atoms with Crippen LogP contribution in [-0.4, -0.2) is 39.1 Å². The zero-order valence-corrected chi connectivity index (χ0v) is 19.2. The van der Waals surface area contributed by atoms with Gasteiger partial charge in [0.15, 0.2) is 11.0 Å². The topological polar surface area (TPSA) is 69.0 Å². The lowest BCUT2D eigenvalue weighted by molar-refractivity contribution is -0.116. The van der Waals surface area contributed by atoms with Crippen molar-refractivity contribution < 1.29 is 9.53 Å². The van der Waals surface area contributed by atoms with Crippen LogP contribution in [-0.2, 0) is 22.6 Å². The number of nitrogens with one attached hydrogen (secondary N) is 1. The maximum atomic E-state index is 12.4. The average Bonchev–Trinajstić information content (AvgIpc) is 3.46. The largest absolute Gasteiger partial charge is 0.377 e. The van der Waals surface area contributed by atoms with E-state index in [4.69, 9.17) is 16.3 Å². The minimum absolute atomic E-state index is 0.215. The summed E-state index contributed by atoms with van der Waals surface area (Å²) in [6.45, 7) is 1.76. The van der Waals surface area contributed by atoms with Gasteiger partial charge in [0.1, 0.15) is 0 Å². The molecule has 3 aromatic rings. The number of hydrogen-bond donors (Lipinski definition) is 1.